The van der Waals surface area contributed by atoms with Gasteiger partial charge in [0.15, 0.2) is 0 Å². The smallest absolute Gasteiger partial charge is 0.233 e. The van der Waals surface area contributed by atoms with Crippen molar-refractivity contribution in [1.29, 1.82) is 0 Å². The number of carbonyl (C=O) groups is 1. The van der Waals surface area contributed by atoms with Gasteiger partial charge in [0, 0.05) is 23.2 Å². The van der Waals surface area contributed by atoms with Crippen LogP contribution in [0.3, 0.4) is 0 Å². The van der Waals surface area contributed by atoms with Crippen LogP contribution in [-0.2, 0) is 10.3 Å². The van der Waals surface area contributed by atoms with E-state index in [1.807, 2.05) is 53.0 Å². The Hall–Kier alpha value is -2.85. The maximum absolute atomic E-state index is 13.4. The van der Waals surface area contributed by atoms with Crippen LogP contribution < -0.4 is 5.32 Å². The van der Waals surface area contributed by atoms with E-state index in [9.17, 15) is 9.18 Å². The topological polar surface area (TPSA) is 68.0 Å². The largest absolute Gasteiger partial charge is 0.361 e. The molecule has 7 heteroatoms. The Morgan fingerprint density at radius 2 is 2.00 bits per heavy atom. The highest BCUT2D eigenvalue weighted by Gasteiger charge is 2.28. The fourth-order valence-electron chi connectivity index (χ4n) is 2.67. The molecule has 2 aromatic heterocycles. The molecule has 1 atom stereocenters. The number of thioether (sulfide) groups is 1. The number of pyridine rings is 1. The van der Waals surface area contributed by atoms with E-state index in [0.29, 0.717) is 11.1 Å². The predicted molar refractivity (Wildman–Crippen MR) is 120 cm³/mol. The van der Waals surface area contributed by atoms with Gasteiger partial charge in [0.1, 0.15) is 22.8 Å². The summed E-state index contributed by atoms with van der Waals surface area (Å²) < 4.78 is 18.4. The average molecular weight is 428 g/mol. The predicted octanol–water partition coefficient (Wildman–Crippen LogP) is 4.75. The molecule has 0 radical (unpaired) electrons. The van der Waals surface area contributed by atoms with Gasteiger partial charge in [-0.2, -0.15) is 11.8 Å². The highest BCUT2D eigenvalue weighted by Crippen LogP contribution is 2.21. The van der Waals surface area contributed by atoms with E-state index in [1.165, 1.54) is 24.0 Å². The van der Waals surface area contributed by atoms with Gasteiger partial charge in [-0.1, -0.05) is 11.1 Å². The lowest BCUT2D eigenvalue weighted by molar-refractivity contribution is -0.122. The summed E-state index contributed by atoms with van der Waals surface area (Å²) in [7, 11) is 0. The number of nitrogens with one attached hydrogen (secondary N) is 1. The van der Waals surface area contributed by atoms with E-state index in [1.54, 1.807) is 6.07 Å². The van der Waals surface area contributed by atoms with Gasteiger partial charge < -0.3 is 9.84 Å². The molecule has 5 nitrogen and oxygen atoms in total. The number of hydrogen-bond donors (Lipinski definition) is 1. The summed E-state index contributed by atoms with van der Waals surface area (Å²) in [6.45, 7) is 9.37. The lowest BCUT2D eigenvalue weighted by Gasteiger charge is -2.25. The highest BCUT2D eigenvalue weighted by molar-refractivity contribution is 7.99. The Kier molecular flexibility index (Phi) is 7.63. The Morgan fingerprint density at radius 3 is 2.57 bits per heavy atom. The maximum atomic E-state index is 13.4. The van der Waals surface area contributed by atoms with Gasteiger partial charge in [0.2, 0.25) is 5.91 Å². The zero-order chi connectivity index (χ0) is 22.5. The molecule has 3 rings (SSSR count). The van der Waals surface area contributed by atoms with Gasteiger partial charge in [0.05, 0.1) is 10.8 Å². The van der Waals surface area contributed by atoms with Crippen molar-refractivity contribution < 1.29 is 13.7 Å². The SMILES string of the molecule is C#Cc1cnc2c(F)cc(C)cc2c1.CSC(C)C(=O)NC(C)(C)c1cc(C)on1. The van der Waals surface area contributed by atoms with Crippen molar-refractivity contribution >= 4 is 28.6 Å². The number of aryl methyl sites for hydroxylation is 2. The first-order chi connectivity index (χ1) is 14.1. The molecule has 2 heterocycles. The third kappa shape index (κ3) is 5.83. The van der Waals surface area contributed by atoms with Crippen LogP contribution in [0.4, 0.5) is 4.39 Å². The Balaban J connectivity index is 0.000000215. The Morgan fingerprint density at radius 1 is 1.30 bits per heavy atom. The fourth-order valence-corrected chi connectivity index (χ4v) is 2.94. The van der Waals surface area contributed by atoms with Crippen LogP contribution in [0.2, 0.25) is 0 Å². The zero-order valence-electron chi connectivity index (χ0n) is 18.0. The lowest BCUT2D eigenvalue weighted by Crippen LogP contribution is -2.44. The first-order valence-corrected chi connectivity index (χ1v) is 10.7. The number of fused-ring (bicyclic) bond motifs is 1. The van der Waals surface area contributed by atoms with Crippen molar-refractivity contribution in [2.45, 2.75) is 45.4 Å². The number of carbonyl (C=O) groups excluding carboxylic acids is 1. The molecule has 158 valence electrons. The molecule has 0 spiro atoms. The number of halogens is 1. The van der Waals surface area contributed by atoms with Crippen molar-refractivity contribution in [3.8, 4) is 12.3 Å². The molecule has 1 aromatic carbocycles. The normalized spacial score (nSPS) is 11.9. The molecule has 0 bridgehead atoms. The molecule has 0 aliphatic rings. The van der Waals surface area contributed by atoms with Gasteiger partial charge in [-0.15, -0.1) is 6.42 Å². The number of hydrogen-bond acceptors (Lipinski definition) is 5. The Labute approximate surface area is 180 Å². The third-order valence-electron chi connectivity index (χ3n) is 4.47. The number of amides is 1. The van der Waals surface area contributed by atoms with Crippen molar-refractivity contribution in [3.05, 3.63) is 58.9 Å². The second kappa shape index (κ2) is 9.77. The minimum atomic E-state index is -0.501. The number of aromatic nitrogens is 2. The van der Waals surface area contributed by atoms with Crippen LogP contribution in [0.25, 0.3) is 10.9 Å². The Bertz CT molecular complexity index is 1090. The second-order valence-corrected chi connectivity index (χ2v) is 8.68. The minimum Gasteiger partial charge on any atom is -0.361 e. The number of benzene rings is 1. The van der Waals surface area contributed by atoms with Gasteiger partial charge in [-0.25, -0.2) is 4.39 Å². The molecule has 0 aliphatic carbocycles. The molecule has 0 saturated carbocycles. The average Bonchev–Trinajstić information content (AvgIpc) is 3.14. The van der Waals surface area contributed by atoms with Crippen LogP contribution >= 0.6 is 11.8 Å². The summed E-state index contributed by atoms with van der Waals surface area (Å²) in [6.07, 6.45) is 8.65. The molecule has 0 aliphatic heterocycles. The maximum Gasteiger partial charge on any atom is 0.233 e. The van der Waals surface area contributed by atoms with Gasteiger partial charge in [-0.3, -0.25) is 9.78 Å². The third-order valence-corrected chi connectivity index (χ3v) is 5.40. The molecule has 1 amide bonds. The molecule has 0 saturated heterocycles. The van der Waals surface area contributed by atoms with Crippen LogP contribution in [-0.4, -0.2) is 27.6 Å². The molecule has 1 N–H and O–H groups in total. The first kappa shape index (κ1) is 23.4. The second-order valence-electron chi connectivity index (χ2n) is 7.50. The molecular formula is C23H26FN3O2S. The quantitative estimate of drug-likeness (QED) is 0.609. The van der Waals surface area contributed by atoms with E-state index >= 15 is 0 Å². The monoisotopic (exact) mass is 427 g/mol. The molecule has 0 fully saturated rings. The first-order valence-electron chi connectivity index (χ1n) is 9.38. The van der Waals surface area contributed by atoms with E-state index < -0.39 is 5.54 Å². The van der Waals surface area contributed by atoms with Crippen LogP contribution in [0.1, 0.15) is 43.4 Å². The fraction of sp³-hybridized carbons (Fsp3) is 0.348. The summed E-state index contributed by atoms with van der Waals surface area (Å²) in [5, 5.41) is 7.57. The van der Waals surface area contributed by atoms with Gasteiger partial charge in [0.25, 0.3) is 0 Å². The van der Waals surface area contributed by atoms with E-state index in [-0.39, 0.29) is 17.0 Å². The zero-order valence-corrected chi connectivity index (χ0v) is 18.9. The summed E-state index contributed by atoms with van der Waals surface area (Å²) >= 11 is 1.52. The van der Waals surface area contributed by atoms with E-state index in [0.717, 1.165) is 22.4 Å². The summed E-state index contributed by atoms with van der Waals surface area (Å²) in [4.78, 5) is 15.8. The van der Waals surface area contributed by atoms with Crippen LogP contribution in [0, 0.1) is 32.0 Å². The number of rotatable bonds is 4. The molecular weight excluding hydrogens is 401 g/mol. The summed E-state index contributed by atoms with van der Waals surface area (Å²) in [5.74, 6) is 2.93. The summed E-state index contributed by atoms with van der Waals surface area (Å²) in [6, 6.07) is 6.93. The standard InChI is InChI=1S/C12H8FN.C11H18N2O2S/c1-3-9-6-10-4-8(2)5-11(13)12(10)14-7-9;1-7-6-9(13-15-7)11(3,4)12-10(14)8(2)16-5/h1,4-7H,2H3;6,8H,1-5H3,(H,12,14). The summed E-state index contributed by atoms with van der Waals surface area (Å²) in [5.41, 5.74) is 2.15. The minimum absolute atomic E-state index is 0.0122. The molecule has 3 aromatic rings. The number of nitrogens with zero attached hydrogens (tertiary/aromatic N) is 2. The van der Waals surface area contributed by atoms with Crippen molar-refractivity contribution in [2.24, 2.45) is 0 Å². The molecule has 1 unspecified atom stereocenters. The highest BCUT2D eigenvalue weighted by atomic mass is 32.2. The number of terminal acetylenes is 1. The van der Waals surface area contributed by atoms with E-state index in [4.69, 9.17) is 10.9 Å². The van der Waals surface area contributed by atoms with Gasteiger partial charge in [-0.05, 0) is 64.6 Å². The van der Waals surface area contributed by atoms with Crippen molar-refractivity contribution in [2.75, 3.05) is 6.26 Å². The van der Waals surface area contributed by atoms with Gasteiger partial charge >= 0.3 is 0 Å². The lowest BCUT2D eigenvalue weighted by atomic mass is 10.0. The van der Waals surface area contributed by atoms with Crippen molar-refractivity contribution in [3.63, 3.8) is 0 Å². The van der Waals surface area contributed by atoms with Crippen molar-refractivity contribution in [1.82, 2.24) is 15.5 Å². The van der Waals surface area contributed by atoms with Crippen LogP contribution in [0.5, 0.6) is 0 Å². The van der Waals surface area contributed by atoms with Crippen LogP contribution in [0.15, 0.2) is 35.0 Å². The van der Waals surface area contributed by atoms with E-state index in [2.05, 4.69) is 21.4 Å². The molecule has 30 heavy (non-hydrogen) atoms.